The number of aromatic hydroxyl groups is 1. The minimum atomic E-state index is -0.165. The molecule has 0 atom stereocenters. The highest BCUT2D eigenvalue weighted by atomic mass is 16.3. The number of phenols is 1. The van der Waals surface area contributed by atoms with Gasteiger partial charge in [0.25, 0.3) is 5.91 Å². The minimum absolute atomic E-state index is 0.0200. The molecule has 2 aliphatic heterocycles. The molecule has 0 aromatic heterocycles. The fourth-order valence-electron chi connectivity index (χ4n) is 4.08. The second-order valence-corrected chi connectivity index (χ2v) is 7.40. The Labute approximate surface area is 172 Å². The minimum Gasteiger partial charge on any atom is -0.508 e. The third kappa shape index (κ3) is 3.11. The molecule has 1 aliphatic carbocycles. The number of rotatable bonds is 2. The second kappa shape index (κ2) is 7.31. The number of piperazine rings is 1. The monoisotopic (exact) mass is 400 g/mol. The first-order chi connectivity index (χ1) is 14.6. The van der Waals surface area contributed by atoms with Gasteiger partial charge in [-0.25, -0.2) is 0 Å². The number of amides is 1. The highest BCUT2D eigenvalue weighted by molar-refractivity contribution is 6.09. The molecular weight excluding hydrogens is 380 g/mol. The zero-order valence-corrected chi connectivity index (χ0v) is 16.2. The molecule has 0 unspecified atom stereocenters. The van der Waals surface area contributed by atoms with Crippen molar-refractivity contribution in [2.24, 2.45) is 0 Å². The Kier molecular flexibility index (Phi) is 4.48. The topological polar surface area (TPSA) is 82.8 Å². The van der Waals surface area contributed by atoms with Crippen LogP contribution in [0.1, 0.15) is 10.4 Å². The van der Waals surface area contributed by atoms with E-state index in [1.807, 2.05) is 29.2 Å². The molecule has 0 saturated carbocycles. The first-order valence-electron chi connectivity index (χ1n) is 9.91. The Hall–Kier alpha value is -3.64. The summed E-state index contributed by atoms with van der Waals surface area (Å²) in [7, 11) is 0. The molecule has 2 aromatic rings. The van der Waals surface area contributed by atoms with E-state index in [-0.39, 0.29) is 17.1 Å². The Morgan fingerprint density at radius 2 is 1.77 bits per heavy atom. The Balaban J connectivity index is 1.79. The van der Waals surface area contributed by atoms with Crippen LogP contribution in [0.3, 0.4) is 0 Å². The number of hydrogen-bond acceptors (Lipinski definition) is 5. The summed E-state index contributed by atoms with van der Waals surface area (Å²) < 4.78 is 5.92. The fraction of sp³-hybridized carbons (Fsp3) is 0.167. The van der Waals surface area contributed by atoms with Crippen molar-refractivity contribution in [3.05, 3.63) is 76.5 Å². The van der Waals surface area contributed by atoms with Gasteiger partial charge >= 0.3 is 0 Å². The van der Waals surface area contributed by atoms with Gasteiger partial charge in [0.05, 0.1) is 0 Å². The van der Waals surface area contributed by atoms with Gasteiger partial charge in [-0.3, -0.25) is 9.59 Å². The summed E-state index contributed by atoms with van der Waals surface area (Å²) >= 11 is 0. The van der Waals surface area contributed by atoms with Crippen molar-refractivity contribution in [1.82, 2.24) is 10.2 Å². The average molecular weight is 400 g/mol. The number of fused-ring (bicyclic) bond motifs is 2. The Bertz CT molecular complexity index is 1290. The van der Waals surface area contributed by atoms with Gasteiger partial charge in [0.2, 0.25) is 0 Å². The smallest absolute Gasteiger partial charge is 0.254 e. The van der Waals surface area contributed by atoms with Crippen LogP contribution in [0.15, 0.2) is 69.9 Å². The van der Waals surface area contributed by atoms with Crippen LogP contribution in [-0.2, 0) is 0 Å². The van der Waals surface area contributed by atoms with Crippen molar-refractivity contribution in [2.45, 2.75) is 0 Å². The molecule has 150 valence electrons. The summed E-state index contributed by atoms with van der Waals surface area (Å²) in [6.07, 6.45) is 0. The van der Waals surface area contributed by atoms with Crippen molar-refractivity contribution >= 4 is 16.9 Å². The van der Waals surface area contributed by atoms with E-state index in [1.54, 1.807) is 18.2 Å². The molecule has 6 nitrogen and oxygen atoms in total. The fourth-order valence-corrected chi connectivity index (χ4v) is 4.08. The van der Waals surface area contributed by atoms with Crippen LogP contribution >= 0.6 is 0 Å². The zero-order valence-electron chi connectivity index (χ0n) is 16.2. The number of nitrogens with one attached hydrogen (secondary N) is 1. The number of nitrogens with zero attached hydrogens (tertiary/aromatic N) is 1. The third-order valence-electron chi connectivity index (χ3n) is 5.51. The van der Waals surface area contributed by atoms with Gasteiger partial charge in [-0.1, -0.05) is 18.2 Å². The largest absolute Gasteiger partial charge is 0.508 e. The van der Waals surface area contributed by atoms with Gasteiger partial charge in [-0.05, 0) is 35.9 Å². The van der Waals surface area contributed by atoms with Crippen LogP contribution in [-0.4, -0.2) is 42.1 Å². The molecule has 0 radical (unpaired) electrons. The molecule has 2 N–H and O–H groups in total. The van der Waals surface area contributed by atoms with Crippen LogP contribution in [0.25, 0.3) is 33.4 Å². The van der Waals surface area contributed by atoms with E-state index in [0.29, 0.717) is 30.0 Å². The summed E-state index contributed by atoms with van der Waals surface area (Å²) in [5.41, 5.74) is 3.22. The predicted octanol–water partition coefficient (Wildman–Crippen LogP) is 3.32. The Morgan fingerprint density at radius 1 is 0.967 bits per heavy atom. The highest BCUT2D eigenvalue weighted by Gasteiger charge is 2.24. The molecule has 1 saturated heterocycles. The third-order valence-corrected chi connectivity index (χ3v) is 5.51. The summed E-state index contributed by atoms with van der Waals surface area (Å²) in [6, 6.07) is 17.1. The first-order valence-corrected chi connectivity index (χ1v) is 9.91. The summed E-state index contributed by atoms with van der Waals surface area (Å²) in [6.45, 7) is 2.86. The highest BCUT2D eigenvalue weighted by Crippen LogP contribution is 2.42. The van der Waals surface area contributed by atoms with Crippen LogP contribution in [0.2, 0.25) is 0 Å². The van der Waals surface area contributed by atoms with Crippen molar-refractivity contribution < 1.29 is 14.3 Å². The standard InChI is InChI=1S/C24H20N2O4/c27-15-5-7-19-21(13-15)30-22-14-16(28)6-8-20(22)23(19)17-3-1-2-4-18(17)24(29)26-11-9-25-10-12-26/h1-8,13-14,25,27H,9-12H2. The van der Waals surface area contributed by atoms with Crippen molar-refractivity contribution in [1.29, 1.82) is 0 Å². The van der Waals surface area contributed by atoms with Crippen molar-refractivity contribution in [3.63, 3.8) is 0 Å². The molecule has 1 amide bonds. The first kappa shape index (κ1) is 18.4. The summed E-state index contributed by atoms with van der Waals surface area (Å²) in [4.78, 5) is 27.2. The van der Waals surface area contributed by atoms with Gasteiger partial charge in [0.15, 0.2) is 5.43 Å². The average Bonchev–Trinajstić information content (AvgIpc) is 2.77. The lowest BCUT2D eigenvalue weighted by Crippen LogP contribution is -2.46. The second-order valence-electron chi connectivity index (χ2n) is 7.40. The number of phenolic OH excluding ortho intramolecular Hbond substituents is 1. The van der Waals surface area contributed by atoms with Gasteiger partial charge in [-0.15, -0.1) is 0 Å². The molecule has 3 aliphatic rings. The lowest BCUT2D eigenvalue weighted by Gasteiger charge is -2.28. The number of carbonyl (C=O) groups is 1. The maximum atomic E-state index is 13.4. The molecule has 1 fully saturated rings. The SMILES string of the molecule is O=C(c1ccccc1-c1c2ccc(=O)cc-2oc2cc(O)ccc12)N1CCNCC1. The predicted molar refractivity (Wildman–Crippen MR) is 115 cm³/mol. The molecule has 0 bridgehead atoms. The van der Waals surface area contributed by atoms with Crippen LogP contribution in [0, 0.1) is 0 Å². The summed E-state index contributed by atoms with van der Waals surface area (Å²) in [5.74, 6) is 0.466. The van der Waals surface area contributed by atoms with E-state index in [0.717, 1.165) is 35.2 Å². The summed E-state index contributed by atoms with van der Waals surface area (Å²) in [5, 5.41) is 14.0. The zero-order chi connectivity index (χ0) is 20.7. The number of hydrogen-bond donors (Lipinski definition) is 2. The van der Waals surface area contributed by atoms with Crippen molar-refractivity contribution in [3.8, 4) is 28.2 Å². The van der Waals surface area contributed by atoms with Gasteiger partial charge in [0.1, 0.15) is 17.1 Å². The van der Waals surface area contributed by atoms with Crippen LogP contribution in [0.5, 0.6) is 5.75 Å². The molecule has 6 heteroatoms. The van der Waals surface area contributed by atoms with Gasteiger partial charge in [0, 0.05) is 60.4 Å². The Morgan fingerprint density at radius 3 is 2.60 bits per heavy atom. The normalized spacial score (nSPS) is 14.3. The van der Waals surface area contributed by atoms with E-state index in [2.05, 4.69) is 5.32 Å². The lowest BCUT2D eigenvalue weighted by molar-refractivity contribution is 0.0736. The number of benzene rings is 3. The molecule has 30 heavy (non-hydrogen) atoms. The molecule has 2 heterocycles. The molecule has 2 aromatic carbocycles. The van der Waals surface area contributed by atoms with Crippen LogP contribution < -0.4 is 10.7 Å². The maximum absolute atomic E-state index is 13.4. The van der Waals surface area contributed by atoms with Crippen LogP contribution in [0.4, 0.5) is 0 Å². The van der Waals surface area contributed by atoms with Gasteiger partial charge < -0.3 is 19.7 Å². The van der Waals surface area contributed by atoms with E-state index in [1.165, 1.54) is 18.2 Å². The van der Waals surface area contributed by atoms with Gasteiger partial charge in [-0.2, -0.15) is 0 Å². The van der Waals surface area contributed by atoms with E-state index < -0.39 is 0 Å². The molecule has 5 rings (SSSR count). The number of carbonyl (C=O) groups excluding carboxylic acids is 1. The van der Waals surface area contributed by atoms with E-state index >= 15 is 0 Å². The molecule has 0 spiro atoms. The molecular formula is C24H20N2O4. The quantitative estimate of drug-likeness (QED) is 0.505. The van der Waals surface area contributed by atoms with E-state index in [4.69, 9.17) is 4.42 Å². The van der Waals surface area contributed by atoms with Crippen molar-refractivity contribution in [2.75, 3.05) is 26.2 Å². The van der Waals surface area contributed by atoms with E-state index in [9.17, 15) is 14.7 Å². The maximum Gasteiger partial charge on any atom is 0.254 e. The lowest BCUT2D eigenvalue weighted by atomic mass is 9.90.